The lowest BCUT2D eigenvalue weighted by Gasteiger charge is -2.51. The molecule has 1 amide bonds. The predicted octanol–water partition coefficient (Wildman–Crippen LogP) is 6.22. The van der Waals surface area contributed by atoms with Crippen LogP contribution in [0.15, 0.2) is 36.4 Å². The maximum absolute atomic E-state index is 15.5. The van der Waals surface area contributed by atoms with Crippen molar-refractivity contribution in [3.8, 4) is 17.2 Å². The molecule has 0 saturated heterocycles. The van der Waals surface area contributed by atoms with Gasteiger partial charge >= 0.3 is 0 Å². The highest BCUT2D eigenvalue weighted by Gasteiger charge is 2.67. The van der Waals surface area contributed by atoms with E-state index in [0.717, 1.165) is 30.4 Å². The number of fused-ring (bicyclic) bond motifs is 5. The summed E-state index contributed by atoms with van der Waals surface area (Å²) in [5, 5.41) is 12.9. The van der Waals surface area contributed by atoms with Gasteiger partial charge in [0, 0.05) is 30.9 Å². The number of methoxy groups -OCH3 is 2. The van der Waals surface area contributed by atoms with Gasteiger partial charge in [0.25, 0.3) is 5.92 Å². The number of ether oxygens (including phenoxy) is 2. The van der Waals surface area contributed by atoms with Crippen LogP contribution in [0.5, 0.6) is 17.2 Å². The number of amides is 1. The first-order valence-corrected chi connectivity index (χ1v) is 13.3. The molecule has 5 atom stereocenters. The van der Waals surface area contributed by atoms with Gasteiger partial charge in [-0.3, -0.25) is 4.79 Å². The minimum atomic E-state index is -2.73. The second kappa shape index (κ2) is 9.80. The van der Waals surface area contributed by atoms with E-state index in [1.807, 2.05) is 24.3 Å². The molecule has 2 N–H and O–H groups in total. The fourth-order valence-corrected chi connectivity index (χ4v) is 7.66. The molecule has 0 radical (unpaired) electrons. The molecule has 2 saturated carbocycles. The minimum Gasteiger partial charge on any atom is -0.508 e. The number of carbonyl (C=O) groups excluding carboxylic acids is 1. The number of hydrogen-bond acceptors (Lipinski definition) is 4. The predicted molar refractivity (Wildman–Crippen MR) is 137 cm³/mol. The topological polar surface area (TPSA) is 67.8 Å². The van der Waals surface area contributed by atoms with E-state index in [9.17, 15) is 9.90 Å². The van der Waals surface area contributed by atoms with Gasteiger partial charge in [-0.05, 0) is 96.7 Å². The van der Waals surface area contributed by atoms with E-state index in [-0.39, 0.29) is 48.2 Å². The molecule has 37 heavy (non-hydrogen) atoms. The molecule has 200 valence electrons. The van der Waals surface area contributed by atoms with E-state index < -0.39 is 11.3 Å². The van der Waals surface area contributed by atoms with Crippen molar-refractivity contribution >= 4 is 5.91 Å². The maximum atomic E-state index is 15.5. The Hall–Kier alpha value is -2.83. The Kier molecular flexibility index (Phi) is 6.84. The number of aryl methyl sites for hydroxylation is 1. The quantitative estimate of drug-likeness (QED) is 0.461. The number of rotatable bonds is 7. The number of hydrogen-bond donors (Lipinski definition) is 2. The molecule has 0 aliphatic heterocycles. The Labute approximate surface area is 217 Å². The second-order valence-electron chi connectivity index (χ2n) is 11.4. The van der Waals surface area contributed by atoms with Crippen LogP contribution in [0.1, 0.15) is 68.1 Å². The molecule has 0 spiro atoms. The Bertz CT molecular complexity index is 1150. The molecule has 0 aromatic heterocycles. The summed E-state index contributed by atoms with van der Waals surface area (Å²) in [6.07, 6.45) is 3.47. The van der Waals surface area contributed by atoms with Crippen LogP contribution in [0.3, 0.4) is 0 Å². The zero-order valence-corrected chi connectivity index (χ0v) is 21.9. The summed E-state index contributed by atoms with van der Waals surface area (Å²) >= 11 is 0. The number of halogens is 2. The highest BCUT2D eigenvalue weighted by atomic mass is 19.3. The fraction of sp³-hybridized carbons (Fsp3) is 0.567. The number of carbonyl (C=O) groups is 1. The van der Waals surface area contributed by atoms with Gasteiger partial charge < -0.3 is 19.9 Å². The molecule has 3 aliphatic carbocycles. The first-order chi connectivity index (χ1) is 17.6. The molecule has 0 bridgehead atoms. The fourth-order valence-electron chi connectivity index (χ4n) is 7.66. The van der Waals surface area contributed by atoms with E-state index in [4.69, 9.17) is 9.47 Å². The van der Waals surface area contributed by atoms with Crippen LogP contribution in [0.2, 0.25) is 0 Å². The summed E-state index contributed by atoms with van der Waals surface area (Å²) in [7, 11) is 3.15. The smallest absolute Gasteiger partial charge is 0.253 e. The summed E-state index contributed by atoms with van der Waals surface area (Å²) < 4.78 is 41.6. The van der Waals surface area contributed by atoms with Crippen LogP contribution in [0, 0.1) is 23.2 Å². The minimum absolute atomic E-state index is 0.112. The van der Waals surface area contributed by atoms with E-state index in [1.54, 1.807) is 33.3 Å². The van der Waals surface area contributed by atoms with Crippen LogP contribution < -0.4 is 14.8 Å². The van der Waals surface area contributed by atoms with Gasteiger partial charge in [-0.15, -0.1) is 0 Å². The molecule has 7 heteroatoms. The van der Waals surface area contributed by atoms with Gasteiger partial charge in [0.15, 0.2) is 0 Å². The van der Waals surface area contributed by atoms with Gasteiger partial charge in [0.1, 0.15) is 17.2 Å². The lowest BCUT2D eigenvalue weighted by molar-refractivity contribution is -0.133. The van der Waals surface area contributed by atoms with Crippen LogP contribution >= 0.6 is 0 Å². The Morgan fingerprint density at radius 3 is 2.54 bits per heavy atom. The van der Waals surface area contributed by atoms with Gasteiger partial charge in [0.2, 0.25) is 5.91 Å². The van der Waals surface area contributed by atoms with Crippen molar-refractivity contribution in [2.24, 2.45) is 23.2 Å². The number of phenols is 1. The number of nitrogens with one attached hydrogen (secondary N) is 1. The van der Waals surface area contributed by atoms with Crippen LogP contribution in [0.25, 0.3) is 0 Å². The number of benzene rings is 2. The Balaban J connectivity index is 1.28. The lowest BCUT2D eigenvalue weighted by Crippen LogP contribution is -2.47. The number of phenolic OH excluding ortho intramolecular Hbond substituents is 1. The largest absolute Gasteiger partial charge is 0.508 e. The van der Waals surface area contributed by atoms with Crippen molar-refractivity contribution in [2.45, 2.75) is 70.3 Å². The molecule has 2 aromatic rings. The Morgan fingerprint density at radius 2 is 1.84 bits per heavy atom. The molecule has 3 aliphatic rings. The molecule has 4 unspecified atom stereocenters. The van der Waals surface area contributed by atoms with Crippen molar-refractivity contribution < 1.29 is 28.2 Å². The zero-order valence-electron chi connectivity index (χ0n) is 21.9. The van der Waals surface area contributed by atoms with E-state index in [2.05, 4.69) is 5.32 Å². The third kappa shape index (κ3) is 4.66. The third-order valence-electron chi connectivity index (χ3n) is 9.47. The van der Waals surface area contributed by atoms with Gasteiger partial charge in [0.05, 0.1) is 14.2 Å². The molecule has 5 nitrogen and oxygen atoms in total. The molecule has 0 heterocycles. The van der Waals surface area contributed by atoms with Crippen molar-refractivity contribution in [3.63, 3.8) is 0 Å². The van der Waals surface area contributed by atoms with Gasteiger partial charge in [-0.25, -0.2) is 8.78 Å². The van der Waals surface area contributed by atoms with Crippen molar-refractivity contribution in [3.05, 3.63) is 53.1 Å². The van der Waals surface area contributed by atoms with Crippen molar-refractivity contribution in [1.82, 2.24) is 5.32 Å². The molecule has 5 rings (SSSR count). The number of alkyl halides is 2. The van der Waals surface area contributed by atoms with E-state index in [1.165, 1.54) is 5.56 Å². The Morgan fingerprint density at radius 1 is 1.11 bits per heavy atom. The molecule has 2 fully saturated rings. The summed E-state index contributed by atoms with van der Waals surface area (Å²) in [4.78, 5) is 12.8. The first-order valence-electron chi connectivity index (χ1n) is 13.3. The summed E-state index contributed by atoms with van der Waals surface area (Å²) in [5.41, 5.74) is 2.20. The molecular weight excluding hydrogens is 476 g/mol. The summed E-state index contributed by atoms with van der Waals surface area (Å²) in [5.74, 6) is -1.17. The average Bonchev–Trinajstić information content (AvgIpc) is 3.10. The lowest BCUT2D eigenvalue weighted by atomic mass is 9.53. The average molecular weight is 514 g/mol. The van der Waals surface area contributed by atoms with E-state index >= 15 is 8.78 Å². The zero-order chi connectivity index (χ0) is 26.4. The van der Waals surface area contributed by atoms with Crippen molar-refractivity contribution in [2.75, 3.05) is 14.2 Å². The summed E-state index contributed by atoms with van der Waals surface area (Å²) in [6.45, 7) is 2.11. The van der Waals surface area contributed by atoms with Crippen LogP contribution in [-0.4, -0.2) is 31.2 Å². The second-order valence-corrected chi connectivity index (χ2v) is 11.4. The molecule has 2 aromatic carbocycles. The highest BCUT2D eigenvalue weighted by molar-refractivity contribution is 5.75. The van der Waals surface area contributed by atoms with Crippen LogP contribution in [-0.2, 0) is 17.8 Å². The van der Waals surface area contributed by atoms with Gasteiger partial charge in [-0.2, -0.15) is 0 Å². The first kappa shape index (κ1) is 25.8. The van der Waals surface area contributed by atoms with Crippen molar-refractivity contribution in [1.29, 1.82) is 0 Å². The molecular formula is C30H37F2NO4. The normalized spacial score (nSPS) is 29.5. The monoisotopic (exact) mass is 513 g/mol. The van der Waals surface area contributed by atoms with Gasteiger partial charge in [-0.1, -0.05) is 13.0 Å². The highest BCUT2D eigenvalue weighted by Crippen LogP contribution is 2.68. The standard InChI is InChI=1S/C30H37F2NO4/c1-29-11-10-25-24-8-6-21(34)14-19(24)4-7-26(25)28(29)20(16-30(29,31)32)5-9-27(35)33-17-18-12-22(36-2)15-23(13-18)37-3/h6,8,12-15,20,25-26,28,34H,4-5,7,9-11,16-17H2,1-3H3,(H,33,35)/t20?,25?,26?,28?,29-/m0/s1. The summed E-state index contributed by atoms with van der Waals surface area (Å²) in [6, 6.07) is 11.0. The third-order valence-corrected chi connectivity index (χ3v) is 9.47. The maximum Gasteiger partial charge on any atom is 0.253 e. The van der Waals surface area contributed by atoms with Crippen LogP contribution in [0.4, 0.5) is 8.78 Å². The van der Waals surface area contributed by atoms with E-state index in [0.29, 0.717) is 30.9 Å². The number of aromatic hydroxyl groups is 1. The SMILES string of the molecule is COc1cc(CNC(=O)CCC2CC(F)(F)[C@@]3(C)CCC4c5ccc(O)cc5CCC4C23)cc(OC)c1.